The predicted molar refractivity (Wildman–Crippen MR) is 216 cm³/mol. The fourth-order valence-electron chi connectivity index (χ4n) is 5.69. The zero-order chi connectivity index (χ0) is 43.0. The second-order valence-electron chi connectivity index (χ2n) is 16.5. The monoisotopic (exact) mass is 819 g/mol. The molecule has 1 N–H and O–H groups in total. The number of aromatic nitrogens is 1. The van der Waals surface area contributed by atoms with Crippen LogP contribution in [-0.4, -0.2) is 92.7 Å². The minimum atomic E-state index is -1.16. The third-order valence-electron chi connectivity index (χ3n) is 8.01. The highest BCUT2D eigenvalue weighted by atomic mass is 32.1. The van der Waals surface area contributed by atoms with E-state index in [1.54, 1.807) is 98.7 Å². The molecule has 0 spiro atoms. The molecule has 0 saturated heterocycles. The maximum absolute atomic E-state index is 14.2. The molecule has 1 aliphatic heterocycles. The Morgan fingerprint density at radius 1 is 0.845 bits per heavy atom. The molecule has 3 heterocycles. The number of aliphatic imine (C=N–C) groups is 1. The Balaban J connectivity index is 1.64. The summed E-state index contributed by atoms with van der Waals surface area (Å²) in [7, 11) is 0. The molecule has 0 saturated carbocycles. The van der Waals surface area contributed by atoms with Crippen LogP contribution in [0.4, 0.5) is 14.4 Å². The fraction of sp³-hybridized carbons (Fsp3) is 0.476. The highest BCUT2D eigenvalue weighted by Crippen LogP contribution is 2.29. The molecule has 2 aromatic heterocycles. The summed E-state index contributed by atoms with van der Waals surface area (Å²) in [5.41, 5.74) is -1.12. The molecule has 16 heteroatoms. The number of hydrogen-bond donors (Lipinski definition) is 1. The third kappa shape index (κ3) is 13.5. The summed E-state index contributed by atoms with van der Waals surface area (Å²) in [6.07, 6.45) is 0.735. The maximum Gasteiger partial charge on any atom is 0.436 e. The lowest BCUT2D eigenvalue weighted by atomic mass is 10.0. The summed E-state index contributed by atoms with van der Waals surface area (Å²) in [6, 6.07) is 10.1. The van der Waals surface area contributed by atoms with Crippen LogP contribution in [0, 0.1) is 0 Å². The first kappa shape index (κ1) is 45.1. The number of amidine groups is 1. The summed E-state index contributed by atoms with van der Waals surface area (Å²) in [5, 5.41) is 2.89. The lowest BCUT2D eigenvalue weighted by Crippen LogP contribution is -2.50. The number of fused-ring (bicyclic) bond motifs is 1. The van der Waals surface area contributed by atoms with Crippen LogP contribution in [-0.2, 0) is 54.3 Å². The predicted octanol–water partition coefficient (Wildman–Crippen LogP) is 7.03. The normalized spacial score (nSPS) is 13.8. The van der Waals surface area contributed by atoms with Gasteiger partial charge in [-0.05, 0) is 117 Å². The number of ether oxygens (including phenoxy) is 4. The van der Waals surface area contributed by atoms with Crippen LogP contribution in [0.15, 0.2) is 59.9 Å². The molecule has 0 aliphatic carbocycles. The Bertz CT molecular complexity index is 1980. The van der Waals surface area contributed by atoms with Gasteiger partial charge >= 0.3 is 24.2 Å². The van der Waals surface area contributed by atoms with E-state index in [1.807, 2.05) is 6.07 Å². The first-order chi connectivity index (χ1) is 27.0. The van der Waals surface area contributed by atoms with Crippen molar-refractivity contribution in [3.63, 3.8) is 0 Å². The van der Waals surface area contributed by atoms with Crippen molar-refractivity contribution in [2.75, 3.05) is 13.2 Å². The first-order valence-electron chi connectivity index (χ1n) is 18.9. The van der Waals surface area contributed by atoms with Crippen molar-refractivity contribution in [1.82, 2.24) is 20.1 Å². The molecule has 312 valence electrons. The molecule has 1 aromatic carbocycles. The number of benzene rings is 1. The number of amides is 5. The van der Waals surface area contributed by atoms with Gasteiger partial charge in [-0.3, -0.25) is 19.4 Å². The van der Waals surface area contributed by atoms with Gasteiger partial charge < -0.3 is 29.2 Å². The van der Waals surface area contributed by atoms with Crippen LogP contribution >= 0.6 is 11.3 Å². The van der Waals surface area contributed by atoms with E-state index in [9.17, 15) is 28.8 Å². The van der Waals surface area contributed by atoms with Gasteiger partial charge in [0, 0.05) is 52.8 Å². The molecule has 1 atom stereocenters. The van der Waals surface area contributed by atoms with Crippen molar-refractivity contribution in [3.05, 3.63) is 86.9 Å². The number of thiophene rings is 1. The molecule has 58 heavy (non-hydrogen) atoms. The molecule has 15 nitrogen and oxygen atoms in total. The van der Waals surface area contributed by atoms with Gasteiger partial charge in [-0.2, -0.15) is 9.89 Å². The Labute approximate surface area is 343 Å². The standard InChI is InChI=1S/C42H53N5O10S/c1-11-54-33(48)24-30-23-29-25-46(21-18-32(29)58-30)36(50)31(22-26-16-19-43-20-17-26)44-35(49)28-14-12-27(13-15-28)34(45-37(51)55-40(2,3)4)47(38(52)56-41(5,6)7)39(53)57-42(8,9)10/h12-17,19-20,23,31H,11,18,21-22,24-25H2,1-10H3,(H,44,49)/t31-/m0/s1. The molecule has 0 bridgehead atoms. The van der Waals surface area contributed by atoms with E-state index in [2.05, 4.69) is 15.3 Å². The molecular formula is C42H53N5O10S. The minimum absolute atomic E-state index is 0.0748. The molecule has 0 unspecified atom stereocenters. The lowest BCUT2D eigenvalue weighted by Gasteiger charge is -2.31. The zero-order valence-corrected chi connectivity index (χ0v) is 35.6. The van der Waals surface area contributed by atoms with E-state index in [1.165, 1.54) is 35.6 Å². The largest absolute Gasteiger partial charge is 0.466 e. The van der Waals surface area contributed by atoms with E-state index in [0.717, 1.165) is 20.9 Å². The van der Waals surface area contributed by atoms with Crippen LogP contribution in [0.3, 0.4) is 0 Å². The number of carbonyl (C=O) groups excluding carboxylic acids is 6. The van der Waals surface area contributed by atoms with Gasteiger partial charge in [-0.25, -0.2) is 14.4 Å². The van der Waals surface area contributed by atoms with Gasteiger partial charge in [-0.15, -0.1) is 11.3 Å². The molecule has 3 aromatic rings. The summed E-state index contributed by atoms with van der Waals surface area (Å²) in [6.45, 7) is 17.4. The SMILES string of the molecule is CCOC(=O)Cc1cc2c(s1)CCN(C(=O)[C@H](Cc1ccncc1)NC(=O)c1ccc(C(=NC(=O)OC(C)(C)C)N(C(=O)OC(C)(C)C)C(=O)OC(C)(C)C)cc1)C2. The van der Waals surface area contributed by atoms with Gasteiger partial charge in [-0.1, -0.05) is 12.1 Å². The molecule has 1 aliphatic rings. The average Bonchev–Trinajstić information content (AvgIpc) is 3.50. The Morgan fingerprint density at radius 2 is 1.41 bits per heavy atom. The van der Waals surface area contributed by atoms with Crippen LogP contribution in [0.25, 0.3) is 0 Å². The fourth-order valence-corrected chi connectivity index (χ4v) is 6.84. The van der Waals surface area contributed by atoms with E-state index in [0.29, 0.717) is 31.0 Å². The van der Waals surface area contributed by atoms with Gasteiger partial charge in [0.25, 0.3) is 5.91 Å². The quantitative estimate of drug-likeness (QED) is 0.101. The number of esters is 1. The molecule has 5 amide bonds. The van der Waals surface area contributed by atoms with Crippen LogP contribution in [0.2, 0.25) is 0 Å². The van der Waals surface area contributed by atoms with Crippen LogP contribution in [0.5, 0.6) is 0 Å². The third-order valence-corrected chi connectivity index (χ3v) is 9.24. The number of carbonyl (C=O) groups is 6. The second kappa shape index (κ2) is 18.7. The molecule has 0 fully saturated rings. The van der Waals surface area contributed by atoms with E-state index < -0.39 is 52.9 Å². The Morgan fingerprint density at radius 3 is 1.97 bits per heavy atom. The maximum atomic E-state index is 14.2. The van der Waals surface area contributed by atoms with E-state index in [4.69, 9.17) is 18.9 Å². The molecular weight excluding hydrogens is 767 g/mol. The van der Waals surface area contributed by atoms with Crippen molar-refractivity contribution in [2.45, 2.75) is 118 Å². The highest BCUT2D eigenvalue weighted by Gasteiger charge is 2.37. The Hall–Kier alpha value is -5.64. The minimum Gasteiger partial charge on any atom is -0.466 e. The molecule has 0 radical (unpaired) electrons. The van der Waals surface area contributed by atoms with Gasteiger partial charge in [0.05, 0.1) is 13.0 Å². The van der Waals surface area contributed by atoms with Crippen molar-refractivity contribution >= 4 is 53.2 Å². The summed E-state index contributed by atoms with van der Waals surface area (Å²) in [5.74, 6) is -1.63. The first-order valence-corrected chi connectivity index (χ1v) is 19.8. The van der Waals surface area contributed by atoms with Gasteiger partial charge in [0.2, 0.25) is 5.91 Å². The average molecular weight is 820 g/mol. The topological polar surface area (TPSA) is 183 Å². The smallest absolute Gasteiger partial charge is 0.436 e. The number of pyridine rings is 1. The summed E-state index contributed by atoms with van der Waals surface area (Å²) >= 11 is 1.54. The van der Waals surface area contributed by atoms with Gasteiger partial charge in [0.1, 0.15) is 22.8 Å². The van der Waals surface area contributed by atoms with Crippen molar-refractivity contribution in [1.29, 1.82) is 0 Å². The summed E-state index contributed by atoms with van der Waals surface area (Å²) in [4.78, 5) is 92.7. The zero-order valence-electron chi connectivity index (χ0n) is 34.8. The number of nitrogens with zero attached hydrogens (tertiary/aromatic N) is 4. The van der Waals surface area contributed by atoms with Crippen molar-refractivity contribution in [2.24, 2.45) is 4.99 Å². The van der Waals surface area contributed by atoms with Crippen LogP contribution < -0.4 is 5.32 Å². The second-order valence-corrected chi connectivity index (χ2v) is 17.7. The van der Waals surface area contributed by atoms with E-state index in [-0.39, 0.29) is 35.8 Å². The molecule has 4 rings (SSSR count). The van der Waals surface area contributed by atoms with E-state index >= 15 is 0 Å². The number of imide groups is 1. The van der Waals surface area contributed by atoms with Gasteiger partial charge in [0.15, 0.2) is 5.84 Å². The van der Waals surface area contributed by atoms with Crippen LogP contribution in [0.1, 0.15) is 106 Å². The number of nitrogens with one attached hydrogen (secondary N) is 1. The number of hydrogen-bond acceptors (Lipinski definition) is 12. The van der Waals surface area contributed by atoms with Crippen molar-refractivity contribution < 1.29 is 47.7 Å². The van der Waals surface area contributed by atoms with Crippen molar-refractivity contribution in [3.8, 4) is 0 Å². The number of rotatable bonds is 9. The Kier molecular flexibility index (Phi) is 14.6. The lowest BCUT2D eigenvalue weighted by molar-refractivity contribution is -0.142. The highest BCUT2D eigenvalue weighted by molar-refractivity contribution is 7.12. The summed E-state index contributed by atoms with van der Waals surface area (Å²) < 4.78 is 21.5.